The van der Waals surface area contributed by atoms with Gasteiger partial charge in [0.15, 0.2) is 0 Å². The second kappa shape index (κ2) is 11.3. The van der Waals surface area contributed by atoms with Crippen molar-refractivity contribution in [3.05, 3.63) is 83.7 Å². The van der Waals surface area contributed by atoms with Crippen LogP contribution in [0.5, 0.6) is 0 Å². The number of hydrogen-bond acceptors (Lipinski definition) is 3. The Hall–Kier alpha value is -2.50. The number of methoxy groups -OCH3 is 1. The molecule has 0 aliphatic heterocycles. The molecule has 0 heterocycles. The number of carboxylic acid groups (broad SMARTS) is 1. The number of ether oxygens (including phenoxy) is 2. The van der Waals surface area contributed by atoms with Gasteiger partial charge >= 0.3 is 5.97 Å². The average molecular weight is 372 g/mol. The van der Waals surface area contributed by atoms with Crippen LogP contribution in [0.15, 0.2) is 66.7 Å². The summed E-state index contributed by atoms with van der Waals surface area (Å²) < 4.78 is 24.0. The van der Waals surface area contributed by atoms with E-state index in [0.717, 1.165) is 11.1 Å². The summed E-state index contributed by atoms with van der Waals surface area (Å²) in [5, 5.41) is 9.48. The molecule has 144 valence electrons. The number of benzene rings is 2. The van der Waals surface area contributed by atoms with Gasteiger partial charge in [-0.1, -0.05) is 54.6 Å². The normalized spacial score (nSPS) is 13.6. The summed E-state index contributed by atoms with van der Waals surface area (Å²) in [7, 11) is 1.53. The fourth-order valence-corrected chi connectivity index (χ4v) is 2.75. The van der Waals surface area contributed by atoms with E-state index in [1.165, 1.54) is 19.2 Å². The van der Waals surface area contributed by atoms with Gasteiger partial charge in [-0.15, -0.1) is 0 Å². The number of allylic oxidation sites excluding steroid dienone is 1. The van der Waals surface area contributed by atoms with Crippen molar-refractivity contribution in [2.24, 2.45) is 5.92 Å². The Morgan fingerprint density at radius 3 is 2.44 bits per heavy atom. The monoisotopic (exact) mass is 372 g/mol. The minimum absolute atomic E-state index is 0.312. The van der Waals surface area contributed by atoms with Gasteiger partial charge in [0.1, 0.15) is 5.82 Å². The molecule has 0 aliphatic rings. The van der Waals surface area contributed by atoms with Gasteiger partial charge in [0.2, 0.25) is 0 Å². The third kappa shape index (κ3) is 7.33. The molecule has 5 heteroatoms. The lowest BCUT2D eigenvalue weighted by Crippen LogP contribution is -2.17. The lowest BCUT2D eigenvalue weighted by atomic mass is 9.94. The van der Waals surface area contributed by atoms with Gasteiger partial charge in [-0.3, -0.25) is 4.79 Å². The first-order valence-corrected chi connectivity index (χ1v) is 8.88. The molecular formula is C22H25FO4. The van der Waals surface area contributed by atoms with Crippen LogP contribution < -0.4 is 0 Å². The summed E-state index contributed by atoms with van der Waals surface area (Å²) in [6, 6.07) is 15.8. The van der Waals surface area contributed by atoms with E-state index < -0.39 is 18.0 Å². The fraction of sp³-hybridized carbons (Fsp3) is 0.318. The second-order valence-electron chi connectivity index (χ2n) is 6.25. The molecule has 2 rings (SSSR count). The van der Waals surface area contributed by atoms with Crippen LogP contribution in [0.4, 0.5) is 4.39 Å². The first-order chi connectivity index (χ1) is 13.1. The standard InChI is InChI=1S/C22H25FO4/c1-26-21(18-10-12-20(23)13-11-18)15-19(22(24)25)9-5-6-14-27-16-17-7-3-2-4-8-17/h2-8,10-13,19,21H,9,14-16H2,1H3,(H,24,25)/b6-5-/t19-,21+/m0/s1. The lowest BCUT2D eigenvalue weighted by molar-refractivity contribution is -0.143. The van der Waals surface area contributed by atoms with Crippen molar-refractivity contribution in [1.82, 2.24) is 0 Å². The van der Waals surface area contributed by atoms with Gasteiger partial charge in [-0.25, -0.2) is 4.39 Å². The maximum atomic E-state index is 13.1. The van der Waals surface area contributed by atoms with Gasteiger partial charge < -0.3 is 14.6 Å². The molecule has 0 bridgehead atoms. The minimum Gasteiger partial charge on any atom is -0.481 e. The highest BCUT2D eigenvalue weighted by Gasteiger charge is 2.22. The summed E-state index contributed by atoms with van der Waals surface area (Å²) in [5.41, 5.74) is 1.86. The maximum Gasteiger partial charge on any atom is 0.306 e. The molecule has 2 atom stereocenters. The van der Waals surface area contributed by atoms with Crippen LogP contribution in [-0.2, 0) is 20.9 Å². The van der Waals surface area contributed by atoms with E-state index in [2.05, 4.69) is 0 Å². The topological polar surface area (TPSA) is 55.8 Å². The highest BCUT2D eigenvalue weighted by Crippen LogP contribution is 2.27. The molecular weight excluding hydrogens is 347 g/mol. The first-order valence-electron chi connectivity index (χ1n) is 8.88. The van der Waals surface area contributed by atoms with Gasteiger partial charge in [-0.05, 0) is 36.1 Å². The number of aliphatic carboxylic acids is 1. The van der Waals surface area contributed by atoms with E-state index in [4.69, 9.17) is 9.47 Å². The molecule has 0 spiro atoms. The third-order valence-electron chi connectivity index (χ3n) is 4.29. The van der Waals surface area contributed by atoms with E-state index in [1.807, 2.05) is 42.5 Å². The van der Waals surface area contributed by atoms with Crippen molar-refractivity contribution < 1.29 is 23.8 Å². The van der Waals surface area contributed by atoms with Crippen molar-refractivity contribution in [3.8, 4) is 0 Å². The van der Waals surface area contributed by atoms with E-state index >= 15 is 0 Å². The predicted molar refractivity (Wildman–Crippen MR) is 102 cm³/mol. The minimum atomic E-state index is -0.881. The van der Waals surface area contributed by atoms with Crippen LogP contribution in [-0.4, -0.2) is 24.8 Å². The Morgan fingerprint density at radius 1 is 1.11 bits per heavy atom. The Morgan fingerprint density at radius 2 is 1.81 bits per heavy atom. The summed E-state index contributed by atoms with van der Waals surface area (Å²) in [5.74, 6) is -1.80. The van der Waals surface area contributed by atoms with Crippen LogP contribution in [0.2, 0.25) is 0 Å². The molecule has 0 radical (unpaired) electrons. The summed E-state index contributed by atoms with van der Waals surface area (Å²) in [6.45, 7) is 0.941. The van der Waals surface area contributed by atoms with Crippen molar-refractivity contribution in [2.75, 3.05) is 13.7 Å². The quantitative estimate of drug-likeness (QED) is 0.456. The van der Waals surface area contributed by atoms with Crippen LogP contribution in [0.1, 0.15) is 30.1 Å². The fourth-order valence-electron chi connectivity index (χ4n) is 2.75. The van der Waals surface area contributed by atoms with Gasteiger partial charge in [0.05, 0.1) is 25.2 Å². The largest absolute Gasteiger partial charge is 0.481 e. The molecule has 2 aromatic rings. The van der Waals surface area contributed by atoms with E-state index in [-0.39, 0.29) is 5.82 Å². The molecule has 0 aromatic heterocycles. The van der Waals surface area contributed by atoms with Gasteiger partial charge in [0.25, 0.3) is 0 Å². The Balaban J connectivity index is 1.81. The van der Waals surface area contributed by atoms with Crippen LogP contribution >= 0.6 is 0 Å². The zero-order valence-electron chi connectivity index (χ0n) is 15.4. The molecule has 27 heavy (non-hydrogen) atoms. The molecule has 0 aliphatic carbocycles. The van der Waals surface area contributed by atoms with Crippen LogP contribution in [0, 0.1) is 11.7 Å². The number of carboxylic acids is 1. The molecule has 0 saturated carbocycles. The number of halogens is 1. The number of rotatable bonds is 11. The van der Waals surface area contributed by atoms with Gasteiger partial charge in [0, 0.05) is 7.11 Å². The molecule has 2 aromatic carbocycles. The highest BCUT2D eigenvalue weighted by molar-refractivity contribution is 5.70. The van der Waals surface area contributed by atoms with E-state index in [1.54, 1.807) is 12.1 Å². The molecule has 1 N–H and O–H groups in total. The highest BCUT2D eigenvalue weighted by atomic mass is 19.1. The zero-order chi connectivity index (χ0) is 19.5. The second-order valence-corrected chi connectivity index (χ2v) is 6.25. The molecule has 0 unspecified atom stereocenters. The zero-order valence-corrected chi connectivity index (χ0v) is 15.4. The number of hydrogen-bond donors (Lipinski definition) is 1. The average Bonchev–Trinajstić information content (AvgIpc) is 2.68. The first kappa shape index (κ1) is 20.8. The Bertz CT molecular complexity index is 713. The lowest BCUT2D eigenvalue weighted by Gasteiger charge is -2.19. The predicted octanol–water partition coefficient (Wildman–Crippen LogP) is 4.77. The van der Waals surface area contributed by atoms with E-state index in [9.17, 15) is 14.3 Å². The summed E-state index contributed by atoms with van der Waals surface area (Å²) in [6.07, 6.45) is 3.95. The maximum absolute atomic E-state index is 13.1. The Kier molecular flexibility index (Phi) is 8.68. The van der Waals surface area contributed by atoms with Crippen LogP contribution in [0.25, 0.3) is 0 Å². The van der Waals surface area contributed by atoms with Crippen LogP contribution in [0.3, 0.4) is 0 Å². The van der Waals surface area contributed by atoms with E-state index in [0.29, 0.717) is 26.1 Å². The van der Waals surface area contributed by atoms with Crippen molar-refractivity contribution in [3.63, 3.8) is 0 Å². The molecule has 0 amide bonds. The molecule has 4 nitrogen and oxygen atoms in total. The smallest absolute Gasteiger partial charge is 0.306 e. The van der Waals surface area contributed by atoms with Crippen molar-refractivity contribution in [2.45, 2.75) is 25.6 Å². The third-order valence-corrected chi connectivity index (χ3v) is 4.29. The summed E-state index contributed by atoms with van der Waals surface area (Å²) >= 11 is 0. The summed E-state index contributed by atoms with van der Waals surface area (Å²) in [4.78, 5) is 11.6. The molecule has 0 saturated heterocycles. The Labute approximate surface area is 159 Å². The van der Waals surface area contributed by atoms with Crippen molar-refractivity contribution >= 4 is 5.97 Å². The van der Waals surface area contributed by atoms with Gasteiger partial charge in [-0.2, -0.15) is 0 Å². The number of carbonyl (C=O) groups is 1. The SMILES string of the molecule is CO[C@H](C[C@H](C/C=C\COCc1ccccc1)C(=O)O)c1ccc(F)cc1. The molecule has 0 fully saturated rings. The van der Waals surface area contributed by atoms with Crippen molar-refractivity contribution in [1.29, 1.82) is 0 Å².